The first-order valence-corrected chi connectivity index (χ1v) is 9.23. The molecule has 0 radical (unpaired) electrons. The predicted molar refractivity (Wildman–Crippen MR) is 104 cm³/mol. The fraction of sp³-hybridized carbons (Fsp3) is 0.286. The molecule has 1 saturated heterocycles. The van der Waals surface area contributed by atoms with Gasteiger partial charge in [-0.05, 0) is 18.6 Å². The highest BCUT2D eigenvalue weighted by Gasteiger charge is 2.31. The second-order valence-corrected chi connectivity index (χ2v) is 6.81. The Hall–Kier alpha value is -3.03. The molecule has 1 aromatic heterocycles. The maximum absolute atomic E-state index is 13.2. The zero-order valence-corrected chi connectivity index (χ0v) is 15.6. The number of hydrogen-bond donors (Lipinski definition) is 1. The van der Waals surface area contributed by atoms with E-state index in [0.717, 1.165) is 5.56 Å². The minimum atomic E-state index is -0.169. The Bertz CT molecular complexity index is 957. The maximum Gasteiger partial charge on any atom is 0.259 e. The maximum atomic E-state index is 13.2. The summed E-state index contributed by atoms with van der Waals surface area (Å²) in [6.07, 6.45) is 0.531. The van der Waals surface area contributed by atoms with Crippen LogP contribution < -0.4 is 5.73 Å². The van der Waals surface area contributed by atoms with Gasteiger partial charge in [-0.1, -0.05) is 47.6 Å². The van der Waals surface area contributed by atoms with Crippen LogP contribution >= 0.6 is 0 Å². The van der Waals surface area contributed by atoms with Crippen molar-refractivity contribution in [1.29, 1.82) is 0 Å². The van der Waals surface area contributed by atoms with Crippen LogP contribution in [0.25, 0.3) is 22.8 Å². The molecule has 1 aliphatic heterocycles. The highest BCUT2D eigenvalue weighted by molar-refractivity contribution is 6.00. The molecule has 2 atom stereocenters. The third-order valence-electron chi connectivity index (χ3n) is 5.05. The number of rotatable bonds is 4. The summed E-state index contributed by atoms with van der Waals surface area (Å²) in [5.41, 5.74) is 8.07. The number of nitrogens with zero attached hydrogens (tertiary/aromatic N) is 3. The number of nitrogens with two attached hydrogens (primary N) is 1. The topological polar surface area (TPSA) is 94.5 Å². The van der Waals surface area contributed by atoms with Gasteiger partial charge in [0.2, 0.25) is 5.82 Å². The van der Waals surface area contributed by atoms with Crippen molar-refractivity contribution < 1.29 is 14.1 Å². The van der Waals surface area contributed by atoms with Crippen LogP contribution in [0.5, 0.6) is 0 Å². The van der Waals surface area contributed by atoms with Crippen LogP contribution in [0, 0.1) is 0 Å². The third-order valence-corrected chi connectivity index (χ3v) is 5.05. The Kier molecular flexibility index (Phi) is 5.18. The summed E-state index contributed by atoms with van der Waals surface area (Å²) < 4.78 is 10.9. The Morgan fingerprint density at radius 2 is 1.93 bits per heavy atom. The number of amides is 1. The van der Waals surface area contributed by atoms with Crippen molar-refractivity contribution in [3.05, 3.63) is 60.2 Å². The average molecular weight is 378 g/mol. The van der Waals surface area contributed by atoms with E-state index >= 15 is 0 Å². The second kappa shape index (κ2) is 7.92. The minimum Gasteiger partial charge on any atom is -0.378 e. The van der Waals surface area contributed by atoms with Crippen molar-refractivity contribution >= 4 is 5.91 Å². The van der Waals surface area contributed by atoms with E-state index < -0.39 is 0 Å². The first-order valence-electron chi connectivity index (χ1n) is 9.23. The van der Waals surface area contributed by atoms with Crippen LogP contribution in [0.4, 0.5) is 0 Å². The SMILES string of the molecule is CO[C@@H]1CN(C(=O)c2ccccc2-c2nc(-c3ccccc3)no2)CC[C@@H]1N. The van der Waals surface area contributed by atoms with E-state index in [9.17, 15) is 4.79 Å². The summed E-state index contributed by atoms with van der Waals surface area (Å²) in [4.78, 5) is 19.4. The van der Waals surface area contributed by atoms with Gasteiger partial charge in [-0.2, -0.15) is 4.98 Å². The Balaban J connectivity index is 1.63. The van der Waals surface area contributed by atoms with Crippen LogP contribution in [-0.4, -0.2) is 53.3 Å². The van der Waals surface area contributed by atoms with Gasteiger partial charge in [0.05, 0.1) is 17.2 Å². The van der Waals surface area contributed by atoms with Gasteiger partial charge in [-0.3, -0.25) is 4.79 Å². The number of ether oxygens (including phenoxy) is 1. The van der Waals surface area contributed by atoms with Gasteiger partial charge in [0, 0.05) is 31.8 Å². The second-order valence-electron chi connectivity index (χ2n) is 6.81. The highest BCUT2D eigenvalue weighted by Crippen LogP contribution is 2.27. The van der Waals surface area contributed by atoms with Gasteiger partial charge >= 0.3 is 0 Å². The molecule has 0 bridgehead atoms. The largest absolute Gasteiger partial charge is 0.378 e. The molecular weight excluding hydrogens is 356 g/mol. The summed E-state index contributed by atoms with van der Waals surface area (Å²) in [6, 6.07) is 16.8. The Labute approximate surface area is 163 Å². The molecule has 7 nitrogen and oxygen atoms in total. The molecule has 1 aliphatic rings. The van der Waals surface area contributed by atoms with E-state index in [2.05, 4.69) is 10.1 Å². The molecule has 2 heterocycles. The van der Waals surface area contributed by atoms with E-state index in [1.807, 2.05) is 48.5 Å². The van der Waals surface area contributed by atoms with E-state index in [1.165, 1.54) is 0 Å². The normalized spacial score (nSPS) is 19.6. The first kappa shape index (κ1) is 18.3. The summed E-state index contributed by atoms with van der Waals surface area (Å²) in [5, 5.41) is 4.06. The fourth-order valence-corrected chi connectivity index (χ4v) is 3.43. The van der Waals surface area contributed by atoms with Crippen LogP contribution in [-0.2, 0) is 4.74 Å². The van der Waals surface area contributed by atoms with E-state index in [0.29, 0.717) is 42.4 Å². The van der Waals surface area contributed by atoms with Gasteiger partial charge in [-0.25, -0.2) is 0 Å². The number of hydrogen-bond acceptors (Lipinski definition) is 6. The molecule has 0 unspecified atom stereocenters. The van der Waals surface area contributed by atoms with E-state index in [1.54, 1.807) is 18.1 Å². The van der Waals surface area contributed by atoms with Crippen molar-refractivity contribution in [2.45, 2.75) is 18.6 Å². The van der Waals surface area contributed by atoms with E-state index in [4.69, 9.17) is 15.0 Å². The average Bonchev–Trinajstić information content (AvgIpc) is 3.24. The number of methoxy groups -OCH3 is 1. The number of aromatic nitrogens is 2. The Morgan fingerprint density at radius 1 is 1.18 bits per heavy atom. The molecule has 0 spiro atoms. The molecule has 28 heavy (non-hydrogen) atoms. The van der Waals surface area contributed by atoms with Crippen LogP contribution in [0.3, 0.4) is 0 Å². The van der Waals surface area contributed by atoms with Crippen LogP contribution in [0.1, 0.15) is 16.8 Å². The quantitative estimate of drug-likeness (QED) is 0.750. The molecule has 2 N–H and O–H groups in total. The molecule has 2 aromatic carbocycles. The molecule has 3 aromatic rings. The van der Waals surface area contributed by atoms with Gasteiger partial charge < -0.3 is 19.9 Å². The monoisotopic (exact) mass is 378 g/mol. The number of carbonyl (C=O) groups is 1. The molecule has 1 amide bonds. The summed E-state index contributed by atoms with van der Waals surface area (Å²) in [6.45, 7) is 1.05. The predicted octanol–water partition coefficient (Wildman–Crippen LogP) is 2.59. The lowest BCUT2D eigenvalue weighted by molar-refractivity contribution is 0.0162. The van der Waals surface area contributed by atoms with Gasteiger partial charge in [0.15, 0.2) is 0 Å². The number of benzene rings is 2. The van der Waals surface area contributed by atoms with E-state index in [-0.39, 0.29) is 18.1 Å². The number of piperidine rings is 1. The third kappa shape index (κ3) is 3.54. The molecule has 144 valence electrons. The smallest absolute Gasteiger partial charge is 0.259 e. The molecule has 0 saturated carbocycles. The number of carbonyl (C=O) groups excluding carboxylic acids is 1. The molecular formula is C21H22N4O3. The van der Waals surface area contributed by atoms with Crippen molar-refractivity contribution in [2.75, 3.05) is 20.2 Å². The first-order chi connectivity index (χ1) is 13.7. The molecule has 0 aliphatic carbocycles. The highest BCUT2D eigenvalue weighted by atomic mass is 16.5. The van der Waals surface area contributed by atoms with Crippen LogP contribution in [0.15, 0.2) is 59.1 Å². The molecule has 4 rings (SSSR count). The summed E-state index contributed by atoms with van der Waals surface area (Å²) in [7, 11) is 1.62. The van der Waals surface area contributed by atoms with Crippen molar-refractivity contribution in [3.63, 3.8) is 0 Å². The Morgan fingerprint density at radius 3 is 2.71 bits per heavy atom. The van der Waals surface area contributed by atoms with Gasteiger partial charge in [0.25, 0.3) is 11.8 Å². The summed E-state index contributed by atoms with van der Waals surface area (Å²) >= 11 is 0. The minimum absolute atomic E-state index is 0.0614. The van der Waals surface area contributed by atoms with Crippen molar-refractivity contribution in [1.82, 2.24) is 15.0 Å². The van der Waals surface area contributed by atoms with Crippen molar-refractivity contribution in [3.8, 4) is 22.8 Å². The zero-order chi connectivity index (χ0) is 19.5. The molecule has 1 fully saturated rings. The fourth-order valence-electron chi connectivity index (χ4n) is 3.43. The lowest BCUT2D eigenvalue weighted by atomic mass is 10.00. The lowest BCUT2D eigenvalue weighted by Gasteiger charge is -2.36. The van der Waals surface area contributed by atoms with Gasteiger partial charge in [-0.15, -0.1) is 0 Å². The zero-order valence-electron chi connectivity index (χ0n) is 15.6. The number of likely N-dealkylation sites (tertiary alicyclic amines) is 1. The van der Waals surface area contributed by atoms with Gasteiger partial charge in [0.1, 0.15) is 0 Å². The molecule has 7 heteroatoms. The standard InChI is InChI=1S/C21H22N4O3/c1-27-18-13-25(12-11-17(18)22)21(26)16-10-6-5-9-15(16)20-23-19(24-28-20)14-7-3-2-4-8-14/h2-10,17-18H,11-13,22H2,1H3/t17-,18+/m0/s1. The summed E-state index contributed by atoms with van der Waals surface area (Å²) in [5.74, 6) is 0.713. The van der Waals surface area contributed by atoms with Crippen molar-refractivity contribution in [2.24, 2.45) is 5.73 Å². The lowest BCUT2D eigenvalue weighted by Crippen LogP contribution is -2.53. The van der Waals surface area contributed by atoms with Crippen LogP contribution in [0.2, 0.25) is 0 Å².